The van der Waals surface area contributed by atoms with E-state index >= 15 is 0 Å². The number of halogens is 1. The van der Waals surface area contributed by atoms with Crippen molar-refractivity contribution in [3.8, 4) is 6.07 Å². The van der Waals surface area contributed by atoms with Crippen molar-refractivity contribution in [3.63, 3.8) is 0 Å². The standard InChI is InChI=1S/C14H17FN2O2/c1-3-17(7-6-14(18)19-2)10-12-8-11(9-16)4-5-13(12)15/h4-5,8H,3,6-7,10H2,1-2H3. The van der Waals surface area contributed by atoms with Crippen LogP contribution < -0.4 is 0 Å². The summed E-state index contributed by atoms with van der Waals surface area (Å²) in [6.45, 7) is 3.49. The number of methoxy groups -OCH3 is 1. The molecule has 0 atom stereocenters. The van der Waals surface area contributed by atoms with Crippen molar-refractivity contribution in [1.82, 2.24) is 4.90 Å². The molecule has 0 radical (unpaired) electrons. The molecule has 0 heterocycles. The molecule has 0 N–H and O–H groups in total. The van der Waals surface area contributed by atoms with Gasteiger partial charge in [-0.1, -0.05) is 6.92 Å². The molecule has 4 nitrogen and oxygen atoms in total. The van der Waals surface area contributed by atoms with Gasteiger partial charge in [-0.3, -0.25) is 9.69 Å². The third-order valence-corrected chi connectivity index (χ3v) is 2.88. The summed E-state index contributed by atoms with van der Waals surface area (Å²) in [5, 5.41) is 8.81. The highest BCUT2D eigenvalue weighted by Gasteiger charge is 2.11. The molecule has 0 unspecified atom stereocenters. The number of hydrogen-bond acceptors (Lipinski definition) is 4. The van der Waals surface area contributed by atoms with Crippen molar-refractivity contribution in [2.75, 3.05) is 20.2 Å². The largest absolute Gasteiger partial charge is 0.469 e. The molecule has 0 saturated heterocycles. The van der Waals surface area contributed by atoms with Crippen LogP contribution in [0.15, 0.2) is 18.2 Å². The van der Waals surface area contributed by atoms with Crippen LogP contribution in [0.4, 0.5) is 4.39 Å². The number of ether oxygens (including phenoxy) is 1. The van der Waals surface area contributed by atoms with E-state index in [4.69, 9.17) is 5.26 Å². The smallest absolute Gasteiger partial charge is 0.306 e. The molecule has 19 heavy (non-hydrogen) atoms. The van der Waals surface area contributed by atoms with Gasteiger partial charge in [0.2, 0.25) is 0 Å². The van der Waals surface area contributed by atoms with E-state index in [1.165, 1.54) is 25.3 Å². The average molecular weight is 264 g/mol. The van der Waals surface area contributed by atoms with Gasteiger partial charge in [0.1, 0.15) is 5.82 Å². The van der Waals surface area contributed by atoms with Crippen molar-refractivity contribution in [1.29, 1.82) is 5.26 Å². The number of carbonyl (C=O) groups excluding carboxylic acids is 1. The number of esters is 1. The van der Waals surface area contributed by atoms with Gasteiger partial charge in [0.15, 0.2) is 0 Å². The second-order valence-corrected chi connectivity index (χ2v) is 4.11. The van der Waals surface area contributed by atoms with Crippen LogP contribution in [0.3, 0.4) is 0 Å². The Labute approximate surface area is 112 Å². The molecule has 5 heteroatoms. The molecular formula is C14H17FN2O2. The SMILES string of the molecule is CCN(CCC(=O)OC)Cc1cc(C#N)ccc1F. The molecule has 0 fully saturated rings. The summed E-state index contributed by atoms with van der Waals surface area (Å²) in [6, 6.07) is 6.27. The fraction of sp³-hybridized carbons (Fsp3) is 0.429. The van der Waals surface area contributed by atoms with Crippen LogP contribution >= 0.6 is 0 Å². The molecule has 102 valence electrons. The van der Waals surface area contributed by atoms with Gasteiger partial charge >= 0.3 is 5.97 Å². The van der Waals surface area contributed by atoms with Crippen LogP contribution in [0.1, 0.15) is 24.5 Å². The third kappa shape index (κ3) is 4.68. The van der Waals surface area contributed by atoms with Gasteiger partial charge in [0.05, 0.1) is 25.2 Å². The third-order valence-electron chi connectivity index (χ3n) is 2.88. The average Bonchev–Trinajstić information content (AvgIpc) is 2.44. The fourth-order valence-electron chi connectivity index (χ4n) is 1.71. The van der Waals surface area contributed by atoms with Crippen molar-refractivity contribution in [3.05, 3.63) is 35.1 Å². The first-order chi connectivity index (χ1) is 9.10. The van der Waals surface area contributed by atoms with E-state index in [1.807, 2.05) is 17.9 Å². The van der Waals surface area contributed by atoms with Crippen molar-refractivity contribution >= 4 is 5.97 Å². The lowest BCUT2D eigenvalue weighted by atomic mass is 10.1. The summed E-state index contributed by atoms with van der Waals surface area (Å²) < 4.78 is 18.2. The van der Waals surface area contributed by atoms with Gasteiger partial charge in [0.25, 0.3) is 0 Å². The van der Waals surface area contributed by atoms with Crippen LogP contribution in [0.5, 0.6) is 0 Å². The van der Waals surface area contributed by atoms with E-state index in [0.717, 1.165) is 0 Å². The lowest BCUT2D eigenvalue weighted by molar-refractivity contribution is -0.141. The Bertz CT molecular complexity index is 483. The van der Waals surface area contributed by atoms with Gasteiger partial charge < -0.3 is 4.74 Å². The number of hydrogen-bond donors (Lipinski definition) is 0. The highest BCUT2D eigenvalue weighted by molar-refractivity contribution is 5.69. The molecular weight excluding hydrogens is 247 g/mol. The number of nitriles is 1. The zero-order valence-corrected chi connectivity index (χ0v) is 11.1. The first kappa shape index (κ1) is 15.1. The molecule has 0 bridgehead atoms. The quantitative estimate of drug-likeness (QED) is 0.738. The number of carbonyl (C=O) groups is 1. The second kappa shape index (κ2) is 7.49. The van der Waals surface area contributed by atoms with E-state index in [9.17, 15) is 9.18 Å². The van der Waals surface area contributed by atoms with E-state index in [2.05, 4.69) is 4.74 Å². The second-order valence-electron chi connectivity index (χ2n) is 4.11. The zero-order valence-electron chi connectivity index (χ0n) is 11.1. The Hall–Kier alpha value is -1.93. The molecule has 1 rings (SSSR count). The molecule has 1 aromatic carbocycles. The topological polar surface area (TPSA) is 53.3 Å². The lowest BCUT2D eigenvalue weighted by Gasteiger charge is -2.20. The maximum atomic E-state index is 13.6. The molecule has 0 aliphatic rings. The van der Waals surface area contributed by atoms with E-state index < -0.39 is 0 Å². The Morgan fingerprint density at radius 1 is 1.53 bits per heavy atom. The Kier molecular flexibility index (Phi) is 5.97. The molecule has 1 aromatic rings. The van der Waals surface area contributed by atoms with E-state index in [0.29, 0.717) is 30.8 Å². The highest BCUT2D eigenvalue weighted by Crippen LogP contribution is 2.13. The molecule has 0 spiro atoms. The molecule has 0 aromatic heterocycles. The fourth-order valence-corrected chi connectivity index (χ4v) is 1.71. The van der Waals surface area contributed by atoms with Gasteiger partial charge in [-0.25, -0.2) is 4.39 Å². The van der Waals surface area contributed by atoms with E-state index in [-0.39, 0.29) is 18.2 Å². The Morgan fingerprint density at radius 2 is 2.26 bits per heavy atom. The first-order valence-electron chi connectivity index (χ1n) is 6.08. The van der Waals surface area contributed by atoms with Crippen LogP contribution in [-0.2, 0) is 16.1 Å². The maximum Gasteiger partial charge on any atom is 0.306 e. The summed E-state index contributed by atoms with van der Waals surface area (Å²) in [5.41, 5.74) is 0.895. The number of rotatable bonds is 6. The predicted octanol–water partition coefficient (Wildman–Crippen LogP) is 2.08. The van der Waals surface area contributed by atoms with Gasteiger partial charge in [-0.2, -0.15) is 5.26 Å². The first-order valence-corrected chi connectivity index (χ1v) is 6.08. The molecule has 0 saturated carbocycles. The Balaban J connectivity index is 2.70. The van der Waals surface area contributed by atoms with Gasteiger partial charge in [-0.05, 0) is 24.7 Å². The predicted molar refractivity (Wildman–Crippen MR) is 68.7 cm³/mol. The monoisotopic (exact) mass is 264 g/mol. The van der Waals surface area contributed by atoms with Gasteiger partial charge in [-0.15, -0.1) is 0 Å². The van der Waals surface area contributed by atoms with Crippen molar-refractivity contribution < 1.29 is 13.9 Å². The minimum absolute atomic E-state index is 0.268. The molecule has 0 aliphatic heterocycles. The van der Waals surface area contributed by atoms with Crippen LogP contribution in [0.25, 0.3) is 0 Å². The summed E-state index contributed by atoms with van der Waals surface area (Å²) in [4.78, 5) is 13.0. The minimum atomic E-state index is -0.337. The maximum absolute atomic E-state index is 13.6. The summed E-state index contributed by atoms with van der Waals surface area (Å²) >= 11 is 0. The van der Waals surface area contributed by atoms with Crippen LogP contribution in [0, 0.1) is 17.1 Å². The minimum Gasteiger partial charge on any atom is -0.469 e. The lowest BCUT2D eigenvalue weighted by Crippen LogP contribution is -2.26. The summed E-state index contributed by atoms with van der Waals surface area (Å²) in [7, 11) is 1.34. The van der Waals surface area contributed by atoms with Crippen LogP contribution in [-0.4, -0.2) is 31.1 Å². The van der Waals surface area contributed by atoms with E-state index in [1.54, 1.807) is 0 Å². The zero-order chi connectivity index (χ0) is 14.3. The highest BCUT2D eigenvalue weighted by atomic mass is 19.1. The normalized spacial score (nSPS) is 10.3. The summed E-state index contributed by atoms with van der Waals surface area (Å²) in [5.74, 6) is -0.625. The summed E-state index contributed by atoms with van der Waals surface area (Å²) in [6.07, 6.45) is 0.268. The Morgan fingerprint density at radius 3 is 2.84 bits per heavy atom. The molecule has 0 aliphatic carbocycles. The van der Waals surface area contributed by atoms with Crippen molar-refractivity contribution in [2.24, 2.45) is 0 Å². The number of benzene rings is 1. The van der Waals surface area contributed by atoms with Crippen LogP contribution in [0.2, 0.25) is 0 Å². The van der Waals surface area contributed by atoms with Gasteiger partial charge in [0, 0.05) is 18.7 Å². The number of nitrogens with zero attached hydrogens (tertiary/aromatic N) is 2. The molecule has 0 amide bonds. The van der Waals surface area contributed by atoms with Crippen molar-refractivity contribution in [2.45, 2.75) is 19.9 Å².